The number of carbonyl (C=O) groups excluding carboxylic acids is 1. The Kier molecular flexibility index (Phi) is 5.44. The number of hydrogen-bond donors (Lipinski definition) is 2. The molecule has 1 heterocycles. The first-order valence-corrected chi connectivity index (χ1v) is 8.00. The summed E-state index contributed by atoms with van der Waals surface area (Å²) in [7, 11) is 1.86. The Hall–Kier alpha value is -1.85. The molecule has 0 fully saturated rings. The number of carbonyl (C=O) groups is 1. The maximum atomic E-state index is 12.4. The van der Waals surface area contributed by atoms with Crippen LogP contribution in [0.15, 0.2) is 24.3 Å². The molecule has 1 amide bonds. The highest BCUT2D eigenvalue weighted by Crippen LogP contribution is 2.23. The third-order valence-electron chi connectivity index (χ3n) is 4.02. The summed E-state index contributed by atoms with van der Waals surface area (Å²) in [6, 6.07) is 7.25. The molecule has 0 saturated carbocycles. The summed E-state index contributed by atoms with van der Waals surface area (Å²) in [5.41, 5.74) is 3.49. The van der Waals surface area contributed by atoms with E-state index in [2.05, 4.69) is 15.7 Å². The Morgan fingerprint density at radius 1 is 1.26 bits per heavy atom. The number of nitrogens with one attached hydrogen (secondary N) is 2. The van der Waals surface area contributed by atoms with Gasteiger partial charge in [0.05, 0.1) is 23.1 Å². The first-order valence-electron chi connectivity index (χ1n) is 7.62. The number of anilines is 1. The molecule has 0 saturated heterocycles. The van der Waals surface area contributed by atoms with Gasteiger partial charge < -0.3 is 5.32 Å². The van der Waals surface area contributed by atoms with Crippen molar-refractivity contribution in [3.8, 4) is 0 Å². The average Bonchev–Trinajstić information content (AvgIpc) is 2.73. The fourth-order valence-electron chi connectivity index (χ4n) is 2.55. The van der Waals surface area contributed by atoms with Crippen molar-refractivity contribution in [1.29, 1.82) is 0 Å². The molecule has 5 nitrogen and oxygen atoms in total. The van der Waals surface area contributed by atoms with Crippen molar-refractivity contribution in [1.82, 2.24) is 15.1 Å². The van der Waals surface area contributed by atoms with Gasteiger partial charge in [0.15, 0.2) is 0 Å². The summed E-state index contributed by atoms with van der Waals surface area (Å²) in [5.74, 6) is -0.0943. The van der Waals surface area contributed by atoms with E-state index < -0.39 is 0 Å². The van der Waals surface area contributed by atoms with Crippen molar-refractivity contribution < 1.29 is 4.79 Å². The number of nitrogens with zero attached hydrogens (tertiary/aromatic N) is 2. The van der Waals surface area contributed by atoms with Crippen LogP contribution in [0.4, 0.5) is 5.69 Å². The number of halogens is 1. The van der Waals surface area contributed by atoms with Gasteiger partial charge in [0.2, 0.25) is 5.91 Å². The van der Waals surface area contributed by atoms with Gasteiger partial charge in [-0.1, -0.05) is 29.8 Å². The van der Waals surface area contributed by atoms with Crippen LogP contribution in [0.5, 0.6) is 0 Å². The molecule has 2 rings (SSSR count). The molecule has 0 aliphatic heterocycles. The van der Waals surface area contributed by atoms with Gasteiger partial charge in [0.1, 0.15) is 0 Å². The van der Waals surface area contributed by atoms with E-state index in [-0.39, 0.29) is 18.0 Å². The van der Waals surface area contributed by atoms with Crippen molar-refractivity contribution in [2.75, 3.05) is 5.32 Å². The number of benzene rings is 1. The van der Waals surface area contributed by atoms with Crippen LogP contribution in [0.3, 0.4) is 0 Å². The lowest BCUT2D eigenvalue weighted by Gasteiger charge is -2.21. The second-order valence-electron chi connectivity index (χ2n) is 5.79. The minimum Gasteiger partial charge on any atom is -0.322 e. The number of amides is 1. The van der Waals surface area contributed by atoms with Gasteiger partial charge in [0, 0.05) is 18.1 Å². The topological polar surface area (TPSA) is 59.0 Å². The van der Waals surface area contributed by atoms with Crippen molar-refractivity contribution in [2.45, 2.75) is 39.8 Å². The molecular weight excluding hydrogens is 312 g/mol. The third kappa shape index (κ3) is 3.92. The highest BCUT2D eigenvalue weighted by molar-refractivity contribution is 6.31. The van der Waals surface area contributed by atoms with Crippen molar-refractivity contribution in [3.05, 3.63) is 46.2 Å². The quantitative estimate of drug-likeness (QED) is 0.881. The second-order valence-corrected chi connectivity index (χ2v) is 6.20. The summed E-state index contributed by atoms with van der Waals surface area (Å²) in [5, 5.41) is 11.2. The fourth-order valence-corrected chi connectivity index (χ4v) is 2.85. The molecule has 0 aliphatic carbocycles. The van der Waals surface area contributed by atoms with Crippen LogP contribution in [0.2, 0.25) is 5.02 Å². The Bertz CT molecular complexity index is 711. The van der Waals surface area contributed by atoms with Crippen LogP contribution in [-0.4, -0.2) is 21.7 Å². The standard InChI is InChI=1S/C17H23ClN4O/c1-10(14-8-6-7-9-15(14)18)19-12(3)17(23)20-16-11(2)21-22(5)13(16)4/h6-10,12,19H,1-5H3,(H,20,23)/t10-,12+/m0/s1. The SMILES string of the molecule is Cc1nn(C)c(C)c1NC(=O)[C@@H](C)N[C@@H](C)c1ccccc1Cl. The minimum atomic E-state index is -0.361. The Labute approximate surface area is 142 Å². The van der Waals surface area contributed by atoms with Gasteiger partial charge in [-0.2, -0.15) is 5.10 Å². The van der Waals surface area contributed by atoms with Crippen molar-refractivity contribution in [3.63, 3.8) is 0 Å². The first kappa shape index (κ1) is 17.5. The summed E-state index contributed by atoms with van der Waals surface area (Å²) < 4.78 is 1.76. The zero-order chi connectivity index (χ0) is 17.1. The summed E-state index contributed by atoms with van der Waals surface area (Å²) in [6.07, 6.45) is 0. The van der Waals surface area contributed by atoms with Crippen molar-refractivity contribution in [2.24, 2.45) is 7.05 Å². The highest BCUT2D eigenvalue weighted by atomic mass is 35.5. The van der Waals surface area contributed by atoms with E-state index in [1.54, 1.807) is 4.68 Å². The van der Waals surface area contributed by atoms with Crippen LogP contribution in [-0.2, 0) is 11.8 Å². The number of rotatable bonds is 5. The first-order chi connectivity index (χ1) is 10.8. The zero-order valence-electron chi connectivity index (χ0n) is 14.1. The molecule has 0 radical (unpaired) electrons. The molecule has 2 atom stereocenters. The van der Waals surface area contributed by atoms with E-state index in [1.807, 2.05) is 59.0 Å². The van der Waals surface area contributed by atoms with Gasteiger partial charge >= 0.3 is 0 Å². The van der Waals surface area contributed by atoms with Crippen molar-refractivity contribution >= 4 is 23.2 Å². The lowest BCUT2D eigenvalue weighted by atomic mass is 10.1. The molecule has 1 aromatic carbocycles. The Morgan fingerprint density at radius 2 is 1.91 bits per heavy atom. The maximum Gasteiger partial charge on any atom is 0.241 e. The predicted molar refractivity (Wildman–Crippen MR) is 93.8 cm³/mol. The van der Waals surface area contributed by atoms with Gasteiger partial charge in [-0.25, -0.2) is 0 Å². The summed E-state index contributed by atoms with van der Waals surface area (Å²) in [4.78, 5) is 12.4. The molecule has 2 N–H and O–H groups in total. The van der Waals surface area contributed by atoms with E-state index >= 15 is 0 Å². The molecule has 6 heteroatoms. The third-order valence-corrected chi connectivity index (χ3v) is 4.37. The van der Waals surface area contributed by atoms with Gasteiger partial charge in [-0.15, -0.1) is 0 Å². The molecule has 2 aromatic rings. The van der Waals surface area contributed by atoms with Gasteiger partial charge in [0.25, 0.3) is 0 Å². The maximum absolute atomic E-state index is 12.4. The average molecular weight is 335 g/mol. The molecule has 0 unspecified atom stereocenters. The number of aryl methyl sites for hydroxylation is 2. The Balaban J connectivity index is 2.04. The Morgan fingerprint density at radius 3 is 2.48 bits per heavy atom. The fraction of sp³-hybridized carbons (Fsp3) is 0.412. The van der Waals surface area contributed by atoms with E-state index in [4.69, 9.17) is 11.6 Å². The smallest absolute Gasteiger partial charge is 0.241 e. The summed E-state index contributed by atoms with van der Waals surface area (Å²) in [6.45, 7) is 7.64. The van der Waals surface area contributed by atoms with Crippen LogP contribution < -0.4 is 10.6 Å². The van der Waals surface area contributed by atoms with E-state index in [0.29, 0.717) is 5.02 Å². The number of aromatic nitrogens is 2. The number of hydrogen-bond acceptors (Lipinski definition) is 3. The van der Waals surface area contributed by atoms with E-state index in [0.717, 1.165) is 22.6 Å². The molecule has 23 heavy (non-hydrogen) atoms. The molecular formula is C17H23ClN4O. The van der Waals surface area contributed by atoms with E-state index in [1.165, 1.54) is 0 Å². The highest BCUT2D eigenvalue weighted by Gasteiger charge is 2.20. The molecule has 0 aliphatic rings. The molecule has 0 bridgehead atoms. The second kappa shape index (κ2) is 7.15. The van der Waals surface area contributed by atoms with Crippen LogP contribution >= 0.6 is 11.6 Å². The van der Waals surface area contributed by atoms with E-state index in [9.17, 15) is 4.79 Å². The van der Waals surface area contributed by atoms with Crippen LogP contribution in [0.1, 0.15) is 36.8 Å². The molecule has 124 valence electrons. The largest absolute Gasteiger partial charge is 0.322 e. The lowest BCUT2D eigenvalue weighted by Crippen LogP contribution is -2.39. The zero-order valence-corrected chi connectivity index (χ0v) is 14.9. The van der Waals surface area contributed by atoms with Crippen LogP contribution in [0.25, 0.3) is 0 Å². The predicted octanol–water partition coefficient (Wildman–Crippen LogP) is 3.37. The lowest BCUT2D eigenvalue weighted by molar-refractivity contribution is -0.117. The molecule has 1 aromatic heterocycles. The van der Waals surface area contributed by atoms with Crippen LogP contribution in [0, 0.1) is 13.8 Å². The molecule has 0 spiro atoms. The summed E-state index contributed by atoms with van der Waals surface area (Å²) >= 11 is 6.20. The van der Waals surface area contributed by atoms with Gasteiger partial charge in [-0.3, -0.25) is 14.8 Å². The normalized spacial score (nSPS) is 13.7. The monoisotopic (exact) mass is 334 g/mol. The minimum absolute atomic E-state index is 0.0273. The van der Waals surface area contributed by atoms with Gasteiger partial charge in [-0.05, 0) is 39.3 Å².